The molecule has 2 aromatic carbocycles. The van der Waals surface area contributed by atoms with E-state index in [0.29, 0.717) is 5.56 Å². The molecule has 1 fully saturated rings. The molecule has 0 saturated carbocycles. The monoisotopic (exact) mass is 426 g/mol. The molecule has 1 heterocycles. The number of benzene rings is 2. The minimum Gasteiger partial charge on any atom is -0.323 e. The van der Waals surface area contributed by atoms with E-state index in [-0.39, 0.29) is 31.7 Å². The molecule has 1 amide bonds. The van der Waals surface area contributed by atoms with E-state index >= 15 is 0 Å². The molecule has 1 aliphatic rings. The summed E-state index contributed by atoms with van der Waals surface area (Å²) in [5, 5.41) is 2.37. The summed E-state index contributed by atoms with van der Waals surface area (Å²) < 4.78 is 66.5. The molecule has 156 valence electrons. The van der Waals surface area contributed by atoms with Crippen molar-refractivity contribution in [1.82, 2.24) is 4.31 Å². The Hall–Kier alpha value is -2.39. The van der Waals surface area contributed by atoms with Gasteiger partial charge in [0.2, 0.25) is 15.9 Å². The molecule has 9 heteroatoms. The second-order valence-electron chi connectivity index (χ2n) is 6.92. The van der Waals surface area contributed by atoms with E-state index in [1.54, 1.807) is 37.3 Å². The average molecular weight is 426 g/mol. The van der Waals surface area contributed by atoms with E-state index < -0.39 is 44.5 Å². The maximum Gasteiger partial charge on any atom is 0.235 e. The maximum absolute atomic E-state index is 14.1. The molecule has 5 nitrogen and oxygen atoms in total. The highest BCUT2D eigenvalue weighted by Crippen LogP contribution is 2.38. The predicted molar refractivity (Wildman–Crippen MR) is 103 cm³/mol. The van der Waals surface area contributed by atoms with Gasteiger partial charge in [-0.1, -0.05) is 30.3 Å². The summed E-state index contributed by atoms with van der Waals surface area (Å²) in [6, 6.07) is 10.5. The first-order chi connectivity index (χ1) is 13.7. The van der Waals surface area contributed by atoms with Crippen molar-refractivity contribution in [3.8, 4) is 0 Å². The van der Waals surface area contributed by atoms with Crippen molar-refractivity contribution in [3.05, 3.63) is 65.5 Å². The third kappa shape index (κ3) is 4.02. The zero-order valence-corrected chi connectivity index (χ0v) is 16.6. The number of hydrogen-bond acceptors (Lipinski definition) is 3. The van der Waals surface area contributed by atoms with Crippen LogP contribution in [-0.4, -0.2) is 37.5 Å². The Bertz CT molecular complexity index is 1010. The average Bonchev–Trinajstić information content (AvgIpc) is 2.74. The van der Waals surface area contributed by atoms with Crippen molar-refractivity contribution in [2.45, 2.75) is 25.2 Å². The third-order valence-electron chi connectivity index (χ3n) is 5.38. The van der Waals surface area contributed by atoms with Crippen molar-refractivity contribution >= 4 is 21.6 Å². The summed E-state index contributed by atoms with van der Waals surface area (Å²) in [6.07, 6.45) is 0.348. The highest BCUT2D eigenvalue weighted by Gasteiger charge is 2.45. The fraction of sp³-hybridized carbons (Fsp3) is 0.350. The zero-order valence-electron chi connectivity index (χ0n) is 15.8. The van der Waals surface area contributed by atoms with Crippen LogP contribution in [0, 0.1) is 17.5 Å². The van der Waals surface area contributed by atoms with Gasteiger partial charge in [0.05, 0.1) is 16.9 Å². The highest BCUT2D eigenvalue weighted by molar-refractivity contribution is 7.89. The molecule has 0 aromatic heterocycles. The molecule has 0 unspecified atom stereocenters. The van der Waals surface area contributed by atoms with Gasteiger partial charge in [0.25, 0.3) is 0 Å². The fourth-order valence-electron chi connectivity index (χ4n) is 3.60. The zero-order chi connectivity index (χ0) is 21.2. The lowest BCUT2D eigenvalue weighted by molar-refractivity contribution is -0.123. The number of sulfonamides is 1. The molecule has 1 N–H and O–H groups in total. The van der Waals surface area contributed by atoms with Crippen LogP contribution < -0.4 is 5.32 Å². The van der Waals surface area contributed by atoms with Crippen LogP contribution in [0.15, 0.2) is 42.5 Å². The van der Waals surface area contributed by atoms with Crippen LogP contribution in [0.3, 0.4) is 0 Å². The van der Waals surface area contributed by atoms with Crippen LogP contribution >= 0.6 is 0 Å². The lowest BCUT2D eigenvalue weighted by Crippen LogP contribution is -2.51. The molecule has 0 radical (unpaired) electrons. The van der Waals surface area contributed by atoms with Gasteiger partial charge in [-0.3, -0.25) is 4.79 Å². The van der Waals surface area contributed by atoms with Crippen LogP contribution in [0.2, 0.25) is 0 Å². The van der Waals surface area contributed by atoms with E-state index in [1.807, 2.05) is 0 Å². The standard InChI is InChI=1S/C20H21F3N2O3S/c1-2-29(27,28)25-12-10-20(11-13-25,14-6-4-3-5-7-14)19(26)24-16-9-8-15(21)17(22)18(16)23/h3-9H,2,10-13H2,1H3,(H,24,26). The van der Waals surface area contributed by atoms with Gasteiger partial charge < -0.3 is 5.32 Å². The van der Waals surface area contributed by atoms with Crippen LogP contribution in [0.1, 0.15) is 25.3 Å². The van der Waals surface area contributed by atoms with Gasteiger partial charge >= 0.3 is 0 Å². The summed E-state index contributed by atoms with van der Waals surface area (Å²) in [6.45, 7) is 1.80. The maximum atomic E-state index is 14.1. The first-order valence-electron chi connectivity index (χ1n) is 9.19. The summed E-state index contributed by atoms with van der Waals surface area (Å²) >= 11 is 0. The van der Waals surface area contributed by atoms with Crippen LogP contribution in [0.25, 0.3) is 0 Å². The largest absolute Gasteiger partial charge is 0.323 e. The summed E-state index contributed by atoms with van der Waals surface area (Å²) in [4.78, 5) is 13.2. The van der Waals surface area contributed by atoms with Gasteiger partial charge in [-0.05, 0) is 37.5 Å². The molecule has 3 rings (SSSR count). The van der Waals surface area contributed by atoms with Crippen LogP contribution in [-0.2, 0) is 20.2 Å². The molecular formula is C20H21F3N2O3S. The summed E-state index contributed by atoms with van der Waals surface area (Å²) in [5.41, 5.74) is -0.944. The lowest BCUT2D eigenvalue weighted by atomic mass is 9.72. The quantitative estimate of drug-likeness (QED) is 0.745. The second-order valence-corrected chi connectivity index (χ2v) is 9.18. The Kier molecular flexibility index (Phi) is 6.00. The van der Waals surface area contributed by atoms with E-state index in [1.165, 1.54) is 4.31 Å². The first-order valence-corrected chi connectivity index (χ1v) is 10.8. The Morgan fingerprint density at radius 2 is 1.66 bits per heavy atom. The molecular weight excluding hydrogens is 405 g/mol. The Morgan fingerprint density at radius 1 is 1.03 bits per heavy atom. The molecule has 1 aliphatic heterocycles. The number of hydrogen-bond donors (Lipinski definition) is 1. The normalized spacial score (nSPS) is 17.1. The predicted octanol–water partition coefficient (Wildman–Crippen LogP) is 3.43. The van der Waals surface area contributed by atoms with E-state index in [4.69, 9.17) is 0 Å². The van der Waals surface area contributed by atoms with Gasteiger partial charge in [-0.15, -0.1) is 0 Å². The molecule has 0 aliphatic carbocycles. The van der Waals surface area contributed by atoms with Gasteiger partial charge in [-0.25, -0.2) is 25.9 Å². The number of nitrogens with one attached hydrogen (secondary N) is 1. The SMILES string of the molecule is CCS(=O)(=O)N1CCC(C(=O)Nc2ccc(F)c(F)c2F)(c2ccccc2)CC1. The molecule has 0 bridgehead atoms. The number of rotatable bonds is 5. The highest BCUT2D eigenvalue weighted by atomic mass is 32.2. The smallest absolute Gasteiger partial charge is 0.235 e. The molecule has 1 saturated heterocycles. The third-order valence-corrected chi connectivity index (χ3v) is 7.26. The number of halogens is 3. The van der Waals surface area contributed by atoms with E-state index in [0.717, 1.165) is 12.1 Å². The molecule has 0 atom stereocenters. The van der Waals surface area contributed by atoms with Crippen LogP contribution in [0.5, 0.6) is 0 Å². The van der Waals surface area contributed by atoms with Crippen LogP contribution in [0.4, 0.5) is 18.9 Å². The molecule has 0 spiro atoms. The number of carbonyl (C=O) groups excluding carboxylic acids is 1. The van der Waals surface area contributed by atoms with Gasteiger partial charge in [0, 0.05) is 13.1 Å². The number of amides is 1. The number of nitrogens with zero attached hydrogens (tertiary/aromatic N) is 1. The van der Waals surface area contributed by atoms with Gasteiger partial charge in [0.15, 0.2) is 17.5 Å². The van der Waals surface area contributed by atoms with Gasteiger partial charge in [0.1, 0.15) is 0 Å². The van der Waals surface area contributed by atoms with Crippen molar-refractivity contribution in [1.29, 1.82) is 0 Å². The van der Waals surface area contributed by atoms with Crippen molar-refractivity contribution < 1.29 is 26.4 Å². The van der Waals surface area contributed by atoms with E-state index in [9.17, 15) is 26.4 Å². The Morgan fingerprint density at radius 3 is 2.24 bits per heavy atom. The second kappa shape index (κ2) is 8.16. The topological polar surface area (TPSA) is 66.5 Å². The fourth-order valence-corrected chi connectivity index (χ4v) is 4.70. The summed E-state index contributed by atoms with van der Waals surface area (Å²) in [7, 11) is -3.40. The molecule has 29 heavy (non-hydrogen) atoms. The number of piperidine rings is 1. The Labute approximate surface area is 167 Å². The molecule has 2 aromatic rings. The Balaban J connectivity index is 1.94. The lowest BCUT2D eigenvalue weighted by Gasteiger charge is -2.40. The summed E-state index contributed by atoms with van der Waals surface area (Å²) in [5.74, 6) is -5.14. The van der Waals surface area contributed by atoms with E-state index in [2.05, 4.69) is 5.32 Å². The van der Waals surface area contributed by atoms with Gasteiger partial charge in [-0.2, -0.15) is 0 Å². The minimum absolute atomic E-state index is 0.0440. The number of carbonyl (C=O) groups is 1. The number of anilines is 1. The van der Waals surface area contributed by atoms with Crippen molar-refractivity contribution in [2.75, 3.05) is 24.2 Å². The first kappa shape index (κ1) is 21.3. The minimum atomic E-state index is -3.40. The van der Waals surface area contributed by atoms with Crippen molar-refractivity contribution in [3.63, 3.8) is 0 Å². The van der Waals surface area contributed by atoms with Crippen molar-refractivity contribution in [2.24, 2.45) is 0 Å².